The van der Waals surface area contributed by atoms with Crippen LogP contribution in [0.4, 0.5) is 11.4 Å². The Kier molecular flexibility index (Phi) is 2.02. The van der Waals surface area contributed by atoms with Crippen molar-refractivity contribution in [1.29, 1.82) is 10.8 Å². The first-order chi connectivity index (χ1) is 5.69. The van der Waals surface area contributed by atoms with Gasteiger partial charge in [-0.1, -0.05) is 0 Å². The van der Waals surface area contributed by atoms with Crippen molar-refractivity contribution in [3.05, 3.63) is 33.2 Å². The van der Waals surface area contributed by atoms with Gasteiger partial charge in [0.1, 0.15) is 0 Å². The molecule has 1 rings (SSSR count). The molecule has 0 N–H and O–H groups in total. The van der Waals surface area contributed by atoms with E-state index in [1.54, 1.807) is 26.0 Å². The lowest BCUT2D eigenvalue weighted by Crippen LogP contribution is -1.76. The first kappa shape index (κ1) is 8.16. The van der Waals surface area contributed by atoms with E-state index in [4.69, 9.17) is 10.8 Å². The molecule has 0 heterocycles. The lowest BCUT2D eigenvalue weighted by Gasteiger charge is -1.85. The number of rotatable bonds is 0. The molecule has 12 heavy (non-hydrogen) atoms. The van der Waals surface area contributed by atoms with Crippen LogP contribution in [0.2, 0.25) is 0 Å². The third-order valence-corrected chi connectivity index (χ3v) is 1.73. The third kappa shape index (κ3) is 1.23. The summed E-state index contributed by atoms with van der Waals surface area (Å²) in [4.78, 5) is 6.17. The van der Waals surface area contributed by atoms with Gasteiger partial charge in [-0.05, 0) is 13.8 Å². The van der Waals surface area contributed by atoms with Gasteiger partial charge in [-0.15, -0.1) is 0 Å². The van der Waals surface area contributed by atoms with Crippen molar-refractivity contribution in [3.8, 4) is 0 Å². The first-order valence-electron chi connectivity index (χ1n) is 3.50. The Labute approximate surface area is 70.1 Å². The lowest BCUT2D eigenvalue weighted by atomic mass is 10.1. The number of nitrogens with zero attached hydrogens (tertiary/aromatic N) is 4. The number of hydrogen-bond acceptors (Lipinski definition) is 2. The summed E-state index contributed by atoms with van der Waals surface area (Å²) in [5.41, 5.74) is 2.55. The van der Waals surface area contributed by atoms with Gasteiger partial charge in [0, 0.05) is 12.1 Å². The molecule has 4 nitrogen and oxygen atoms in total. The maximum absolute atomic E-state index is 8.54. The average molecular weight is 160 g/mol. The molecule has 0 radical (unpaired) electrons. The number of aryl methyl sites for hydroxylation is 2. The van der Waals surface area contributed by atoms with Crippen LogP contribution in [0.5, 0.6) is 0 Å². The summed E-state index contributed by atoms with van der Waals surface area (Å²) in [6.45, 7) is 3.56. The molecule has 4 heteroatoms. The zero-order valence-electron chi connectivity index (χ0n) is 6.94. The Hall–Kier alpha value is -1.94. The van der Waals surface area contributed by atoms with E-state index >= 15 is 0 Å². The molecule has 1 aromatic carbocycles. The van der Waals surface area contributed by atoms with Crippen LogP contribution >= 0.6 is 0 Å². The molecular weight excluding hydrogens is 152 g/mol. The molecule has 0 saturated carbocycles. The highest BCUT2D eigenvalue weighted by Gasteiger charge is 2.19. The van der Waals surface area contributed by atoms with E-state index in [1.165, 1.54) is 0 Å². The smallest absolute Gasteiger partial charge is 0.0314 e. The normalized spacial score (nSPS) is 8.67. The van der Waals surface area contributed by atoms with E-state index in [0.717, 1.165) is 11.1 Å². The van der Waals surface area contributed by atoms with Crippen molar-refractivity contribution in [2.75, 3.05) is 0 Å². The first-order valence-corrected chi connectivity index (χ1v) is 3.50. The quantitative estimate of drug-likeness (QED) is 0.547. The van der Waals surface area contributed by atoms with Gasteiger partial charge in [-0.25, -0.2) is 0 Å². The Morgan fingerprint density at radius 2 is 1.25 bits per heavy atom. The van der Waals surface area contributed by atoms with E-state index < -0.39 is 0 Å². The Balaban J connectivity index is 3.41. The molecule has 1 aromatic rings. The van der Waals surface area contributed by atoms with Crippen LogP contribution in [0, 0.1) is 24.6 Å². The fourth-order valence-corrected chi connectivity index (χ4v) is 1.00. The van der Waals surface area contributed by atoms with E-state index in [9.17, 15) is 0 Å². The summed E-state index contributed by atoms with van der Waals surface area (Å²) < 4.78 is 0. The van der Waals surface area contributed by atoms with Gasteiger partial charge in [-0.3, -0.25) is 0 Å². The van der Waals surface area contributed by atoms with Crippen molar-refractivity contribution < 1.29 is 0 Å². The van der Waals surface area contributed by atoms with Gasteiger partial charge in [0.05, 0.1) is 11.1 Å². The number of hydrogen-bond donors (Lipinski definition) is 0. The predicted molar refractivity (Wildman–Crippen MR) is 45.4 cm³/mol. The van der Waals surface area contributed by atoms with E-state index in [1.807, 2.05) is 0 Å². The Morgan fingerprint density at radius 3 is 1.50 bits per heavy atom. The van der Waals surface area contributed by atoms with Crippen LogP contribution in [0.1, 0.15) is 11.1 Å². The summed E-state index contributed by atoms with van der Waals surface area (Å²) in [7, 11) is 0. The van der Waals surface area contributed by atoms with Gasteiger partial charge in [0.2, 0.25) is 10.8 Å². The van der Waals surface area contributed by atoms with Crippen LogP contribution in [0.25, 0.3) is 9.95 Å². The van der Waals surface area contributed by atoms with E-state index in [0.29, 0.717) is 11.4 Å². The van der Waals surface area contributed by atoms with E-state index in [2.05, 4.69) is 9.95 Å². The molecule has 0 saturated heterocycles. The second kappa shape index (κ2) is 2.98. The predicted octanol–water partition coefficient (Wildman–Crippen LogP) is 3.27. The number of benzene rings is 1. The molecule has 0 spiro atoms. The van der Waals surface area contributed by atoms with Crippen LogP contribution in [-0.4, -0.2) is 0 Å². The maximum Gasteiger partial charge on any atom is 0.388 e. The van der Waals surface area contributed by atoms with Crippen molar-refractivity contribution in [2.24, 2.45) is 0 Å². The van der Waals surface area contributed by atoms with Crippen molar-refractivity contribution in [2.45, 2.75) is 13.8 Å². The molecular formula is C8H8N4+2. The highest BCUT2D eigenvalue weighted by atomic mass is 14.9. The minimum Gasteiger partial charge on any atom is -0.0314 e. The van der Waals surface area contributed by atoms with E-state index in [-0.39, 0.29) is 0 Å². The Bertz CT molecular complexity index is 355. The van der Waals surface area contributed by atoms with Crippen molar-refractivity contribution >= 4 is 11.4 Å². The molecule has 0 atom stereocenters. The second-order valence-electron chi connectivity index (χ2n) is 2.63. The fraction of sp³-hybridized carbons (Fsp3) is 0.250. The minimum atomic E-state index is 0.500. The largest absolute Gasteiger partial charge is 0.388 e. The average Bonchev–Trinajstić information content (AvgIpc) is 2.08. The standard InChI is InChI=1S/C8H8N4/c1-5-3-8(12-10)6(2)4-7(5)11-9/h3-4H,1-2H3/q+2. The molecule has 58 valence electrons. The molecule has 0 aliphatic heterocycles. The summed E-state index contributed by atoms with van der Waals surface area (Å²) >= 11 is 0. The Morgan fingerprint density at radius 1 is 0.917 bits per heavy atom. The summed E-state index contributed by atoms with van der Waals surface area (Å²) in [6.07, 6.45) is 0. The minimum absolute atomic E-state index is 0.500. The monoisotopic (exact) mass is 160 g/mol. The van der Waals surface area contributed by atoms with Gasteiger partial charge in [0.15, 0.2) is 9.95 Å². The SMILES string of the molecule is Cc1cc([N+]#N)c(C)cc1[N+]#N. The maximum atomic E-state index is 8.54. The second-order valence-corrected chi connectivity index (χ2v) is 2.63. The van der Waals surface area contributed by atoms with Crippen LogP contribution in [0.15, 0.2) is 12.1 Å². The summed E-state index contributed by atoms with van der Waals surface area (Å²) in [6, 6.07) is 3.31. The van der Waals surface area contributed by atoms with Crippen molar-refractivity contribution in [3.63, 3.8) is 0 Å². The van der Waals surface area contributed by atoms with Crippen LogP contribution in [0.3, 0.4) is 0 Å². The zero-order chi connectivity index (χ0) is 9.14. The molecule has 0 unspecified atom stereocenters. The number of diazo groups is 2. The van der Waals surface area contributed by atoms with Gasteiger partial charge in [0.25, 0.3) is 0 Å². The zero-order valence-corrected chi connectivity index (χ0v) is 6.94. The summed E-state index contributed by atoms with van der Waals surface area (Å²) in [5, 5.41) is 17.1. The highest BCUT2D eigenvalue weighted by Crippen LogP contribution is 2.27. The van der Waals surface area contributed by atoms with Gasteiger partial charge in [-0.2, -0.15) is 0 Å². The molecule has 0 bridgehead atoms. The molecule has 0 aliphatic rings. The van der Waals surface area contributed by atoms with Gasteiger partial charge >= 0.3 is 11.4 Å². The fourth-order valence-electron chi connectivity index (χ4n) is 1.00. The lowest BCUT2D eigenvalue weighted by molar-refractivity contribution is 1.36. The molecule has 0 amide bonds. The van der Waals surface area contributed by atoms with Crippen molar-refractivity contribution in [1.82, 2.24) is 0 Å². The summed E-state index contributed by atoms with van der Waals surface area (Å²) in [5.74, 6) is 0. The molecule has 0 aromatic heterocycles. The highest BCUT2D eigenvalue weighted by molar-refractivity contribution is 5.64. The van der Waals surface area contributed by atoms with Crippen LogP contribution < -0.4 is 0 Å². The third-order valence-electron chi connectivity index (χ3n) is 1.73. The molecule has 0 fully saturated rings. The topological polar surface area (TPSA) is 56.3 Å². The van der Waals surface area contributed by atoms with Gasteiger partial charge < -0.3 is 0 Å². The molecule has 0 aliphatic carbocycles. The van der Waals surface area contributed by atoms with Crippen LogP contribution in [-0.2, 0) is 0 Å².